The highest BCUT2D eigenvalue weighted by molar-refractivity contribution is 5.02. The number of ether oxygens (including phenoxy) is 1. The van der Waals surface area contributed by atoms with Crippen LogP contribution in [0.25, 0.3) is 0 Å². The van der Waals surface area contributed by atoms with Crippen molar-refractivity contribution in [1.29, 1.82) is 0 Å². The number of likely N-dealkylation sites (N-methyl/N-ethyl adjacent to an activating group) is 1. The van der Waals surface area contributed by atoms with Crippen molar-refractivity contribution in [2.24, 2.45) is 0 Å². The molecule has 1 aliphatic rings. The van der Waals surface area contributed by atoms with E-state index in [1.807, 2.05) is 14.0 Å². The van der Waals surface area contributed by atoms with Gasteiger partial charge in [-0.15, -0.1) is 0 Å². The first-order valence-corrected chi connectivity index (χ1v) is 7.92. The van der Waals surface area contributed by atoms with Gasteiger partial charge in [0.2, 0.25) is 11.7 Å². The second-order valence-corrected chi connectivity index (χ2v) is 5.48. The van der Waals surface area contributed by atoms with Gasteiger partial charge < -0.3 is 14.6 Å². The molecule has 0 aromatic carbocycles. The van der Waals surface area contributed by atoms with Gasteiger partial charge in [-0.25, -0.2) is 0 Å². The quantitative estimate of drug-likeness (QED) is 0.811. The SMILES string of the molecule is CCOC(CC)c1noc(C2CCCCCC2NC)n1. The molecule has 1 aromatic heterocycles. The maximum atomic E-state index is 5.66. The fourth-order valence-electron chi connectivity index (χ4n) is 3.05. The molecule has 1 N–H and O–H groups in total. The second kappa shape index (κ2) is 7.74. The molecule has 114 valence electrons. The summed E-state index contributed by atoms with van der Waals surface area (Å²) < 4.78 is 11.2. The van der Waals surface area contributed by atoms with Crippen LogP contribution in [0.2, 0.25) is 0 Å². The molecular formula is C15H27N3O2. The Kier molecular flexibility index (Phi) is 5.98. The van der Waals surface area contributed by atoms with Crippen LogP contribution in [0, 0.1) is 0 Å². The molecule has 1 saturated carbocycles. The predicted molar refractivity (Wildman–Crippen MR) is 77.6 cm³/mol. The number of hydrogen-bond donors (Lipinski definition) is 1. The summed E-state index contributed by atoms with van der Waals surface area (Å²) in [6.45, 7) is 4.75. The molecule has 1 fully saturated rings. The van der Waals surface area contributed by atoms with Gasteiger partial charge in [0.25, 0.3) is 0 Å². The molecule has 1 aromatic rings. The zero-order valence-corrected chi connectivity index (χ0v) is 12.9. The minimum atomic E-state index is -0.0451. The first-order chi connectivity index (χ1) is 9.80. The molecule has 1 aliphatic carbocycles. The summed E-state index contributed by atoms with van der Waals surface area (Å²) >= 11 is 0. The van der Waals surface area contributed by atoms with Crippen LogP contribution < -0.4 is 5.32 Å². The van der Waals surface area contributed by atoms with Gasteiger partial charge in [0.1, 0.15) is 6.10 Å². The summed E-state index contributed by atoms with van der Waals surface area (Å²) in [7, 11) is 2.02. The molecular weight excluding hydrogens is 254 g/mol. The van der Waals surface area contributed by atoms with E-state index in [1.165, 1.54) is 25.7 Å². The van der Waals surface area contributed by atoms with Crippen molar-refractivity contribution in [2.75, 3.05) is 13.7 Å². The maximum absolute atomic E-state index is 5.66. The summed E-state index contributed by atoms with van der Waals surface area (Å²) in [6, 6.07) is 0.443. The topological polar surface area (TPSA) is 60.2 Å². The number of hydrogen-bond acceptors (Lipinski definition) is 5. The van der Waals surface area contributed by atoms with E-state index in [4.69, 9.17) is 9.26 Å². The summed E-state index contributed by atoms with van der Waals surface area (Å²) in [5, 5.41) is 7.55. The number of nitrogens with zero attached hydrogens (tertiary/aromatic N) is 2. The van der Waals surface area contributed by atoms with Crippen LogP contribution in [-0.4, -0.2) is 29.8 Å². The van der Waals surface area contributed by atoms with Gasteiger partial charge in [-0.1, -0.05) is 31.3 Å². The van der Waals surface area contributed by atoms with Crippen LogP contribution in [0.15, 0.2) is 4.52 Å². The van der Waals surface area contributed by atoms with Gasteiger partial charge in [0, 0.05) is 12.6 Å². The van der Waals surface area contributed by atoms with Crippen LogP contribution in [0.5, 0.6) is 0 Å². The van der Waals surface area contributed by atoms with Gasteiger partial charge in [-0.3, -0.25) is 0 Å². The molecule has 2 rings (SSSR count). The molecule has 5 nitrogen and oxygen atoms in total. The molecule has 3 unspecified atom stereocenters. The van der Waals surface area contributed by atoms with Crippen molar-refractivity contribution in [3.63, 3.8) is 0 Å². The normalized spacial score (nSPS) is 25.4. The highest BCUT2D eigenvalue weighted by Gasteiger charge is 2.29. The van der Waals surface area contributed by atoms with Gasteiger partial charge >= 0.3 is 0 Å². The Hall–Kier alpha value is -0.940. The van der Waals surface area contributed by atoms with E-state index in [0.29, 0.717) is 24.4 Å². The Morgan fingerprint density at radius 1 is 1.30 bits per heavy atom. The minimum Gasteiger partial charge on any atom is -0.370 e. The van der Waals surface area contributed by atoms with Gasteiger partial charge in [-0.05, 0) is 33.2 Å². The molecule has 0 aliphatic heterocycles. The van der Waals surface area contributed by atoms with Crippen molar-refractivity contribution in [1.82, 2.24) is 15.5 Å². The standard InChI is InChI=1S/C15H27N3O2/c1-4-13(19-5-2)14-17-15(20-18-14)11-9-7-6-8-10-12(11)16-3/h11-13,16H,4-10H2,1-3H3. The molecule has 0 saturated heterocycles. The lowest BCUT2D eigenvalue weighted by Crippen LogP contribution is -2.31. The Balaban J connectivity index is 2.13. The Morgan fingerprint density at radius 2 is 2.10 bits per heavy atom. The van der Waals surface area contributed by atoms with Crippen LogP contribution in [-0.2, 0) is 4.74 Å². The zero-order valence-electron chi connectivity index (χ0n) is 12.9. The van der Waals surface area contributed by atoms with Crippen molar-refractivity contribution in [3.8, 4) is 0 Å². The molecule has 20 heavy (non-hydrogen) atoms. The fourth-order valence-corrected chi connectivity index (χ4v) is 3.05. The molecule has 5 heteroatoms. The number of aromatic nitrogens is 2. The smallest absolute Gasteiger partial charge is 0.231 e. The predicted octanol–water partition coefficient (Wildman–Crippen LogP) is 3.19. The highest BCUT2D eigenvalue weighted by atomic mass is 16.5. The third-order valence-electron chi connectivity index (χ3n) is 4.19. The van der Waals surface area contributed by atoms with E-state index in [-0.39, 0.29) is 6.10 Å². The first kappa shape index (κ1) is 15.4. The lowest BCUT2D eigenvalue weighted by atomic mass is 9.95. The zero-order chi connectivity index (χ0) is 14.4. The van der Waals surface area contributed by atoms with E-state index in [0.717, 1.165) is 18.7 Å². The van der Waals surface area contributed by atoms with Crippen LogP contribution >= 0.6 is 0 Å². The minimum absolute atomic E-state index is 0.0451. The van der Waals surface area contributed by atoms with E-state index >= 15 is 0 Å². The molecule has 0 radical (unpaired) electrons. The number of rotatable bonds is 6. The second-order valence-electron chi connectivity index (χ2n) is 5.48. The lowest BCUT2D eigenvalue weighted by molar-refractivity contribution is 0.0518. The van der Waals surface area contributed by atoms with E-state index in [9.17, 15) is 0 Å². The average Bonchev–Trinajstić information content (AvgIpc) is 2.82. The van der Waals surface area contributed by atoms with E-state index < -0.39 is 0 Å². The Morgan fingerprint density at radius 3 is 2.80 bits per heavy atom. The van der Waals surface area contributed by atoms with Crippen molar-refractivity contribution < 1.29 is 9.26 Å². The maximum Gasteiger partial charge on any atom is 0.231 e. The Bertz CT molecular complexity index is 394. The van der Waals surface area contributed by atoms with Crippen LogP contribution in [0.4, 0.5) is 0 Å². The summed E-state index contributed by atoms with van der Waals surface area (Å²) in [6.07, 6.45) is 6.94. The van der Waals surface area contributed by atoms with Gasteiger partial charge in [0.05, 0.1) is 5.92 Å². The monoisotopic (exact) mass is 281 g/mol. The van der Waals surface area contributed by atoms with Crippen molar-refractivity contribution in [3.05, 3.63) is 11.7 Å². The van der Waals surface area contributed by atoms with Crippen molar-refractivity contribution >= 4 is 0 Å². The highest BCUT2D eigenvalue weighted by Crippen LogP contribution is 2.32. The first-order valence-electron chi connectivity index (χ1n) is 7.92. The molecule has 0 amide bonds. The third kappa shape index (κ3) is 3.58. The Labute approximate surface area is 121 Å². The molecule has 3 atom stereocenters. The molecule has 0 spiro atoms. The molecule has 1 heterocycles. The fraction of sp³-hybridized carbons (Fsp3) is 0.867. The number of nitrogens with one attached hydrogen (secondary N) is 1. The van der Waals surface area contributed by atoms with E-state index in [1.54, 1.807) is 0 Å². The van der Waals surface area contributed by atoms with Crippen molar-refractivity contribution in [2.45, 2.75) is 70.4 Å². The molecule has 0 bridgehead atoms. The average molecular weight is 281 g/mol. The van der Waals surface area contributed by atoms with Gasteiger partial charge in [0.15, 0.2) is 0 Å². The van der Waals surface area contributed by atoms with Crippen LogP contribution in [0.1, 0.15) is 76.1 Å². The van der Waals surface area contributed by atoms with Crippen LogP contribution in [0.3, 0.4) is 0 Å². The lowest BCUT2D eigenvalue weighted by Gasteiger charge is -2.21. The third-order valence-corrected chi connectivity index (χ3v) is 4.19. The van der Waals surface area contributed by atoms with Gasteiger partial charge in [-0.2, -0.15) is 4.98 Å². The summed E-state index contributed by atoms with van der Waals surface area (Å²) in [4.78, 5) is 4.62. The van der Waals surface area contributed by atoms with E-state index in [2.05, 4.69) is 22.4 Å². The summed E-state index contributed by atoms with van der Waals surface area (Å²) in [5.74, 6) is 1.81. The largest absolute Gasteiger partial charge is 0.370 e. The summed E-state index contributed by atoms with van der Waals surface area (Å²) in [5.41, 5.74) is 0.